The van der Waals surface area contributed by atoms with Crippen molar-refractivity contribution in [1.29, 1.82) is 0 Å². The van der Waals surface area contributed by atoms with Gasteiger partial charge in [-0.2, -0.15) is 12.1 Å². The molecular formula is C34H30Cl2SiZr. The molecule has 0 spiro atoms. The second-order valence-electron chi connectivity index (χ2n) is 9.40. The van der Waals surface area contributed by atoms with Crippen LogP contribution in [0.4, 0.5) is 0 Å². The number of halogens is 2. The second kappa shape index (κ2) is 13.7. The number of benzene rings is 4. The third kappa shape index (κ3) is 7.45. The quantitative estimate of drug-likeness (QED) is 0.104. The van der Waals surface area contributed by atoms with Crippen molar-refractivity contribution < 1.29 is 23.3 Å². The van der Waals surface area contributed by atoms with Gasteiger partial charge in [0.15, 0.2) is 0 Å². The molecule has 0 nitrogen and oxygen atoms in total. The molecule has 0 saturated heterocycles. The third-order valence-corrected chi connectivity index (χ3v) is 13.7. The molecule has 0 amide bonds. The molecule has 6 aromatic rings. The Labute approximate surface area is 251 Å². The molecule has 0 aromatic heterocycles. The molecule has 0 atom stereocenters. The molecule has 0 N–H and O–H groups in total. The van der Waals surface area contributed by atoms with Gasteiger partial charge in [0, 0.05) is 0 Å². The molecule has 0 unspecified atom stereocenters. The maximum atomic E-state index is 5.45. The predicted octanol–water partition coefficient (Wildman–Crippen LogP) is 10.6. The van der Waals surface area contributed by atoms with E-state index in [4.69, 9.17) is 23.2 Å². The van der Waals surface area contributed by atoms with Crippen molar-refractivity contribution in [2.75, 3.05) is 0 Å². The van der Waals surface area contributed by atoms with Crippen LogP contribution in [-0.4, -0.2) is 9.89 Å². The first-order valence-corrected chi connectivity index (χ1v) is 19.2. The number of alkyl halides is 2. The van der Waals surface area contributed by atoms with E-state index < -0.39 is 0 Å². The molecule has 0 aliphatic carbocycles. The van der Waals surface area contributed by atoms with Crippen LogP contribution in [-0.2, 0) is 23.3 Å². The minimum absolute atomic E-state index is 0.0619. The average Bonchev–Trinajstić information content (AvgIpc) is 3.50. The number of rotatable bonds is 3. The topological polar surface area (TPSA) is 0 Å². The first kappa shape index (κ1) is 28.8. The Morgan fingerprint density at radius 3 is 1.32 bits per heavy atom. The van der Waals surface area contributed by atoms with Crippen molar-refractivity contribution in [3.63, 3.8) is 0 Å². The standard InChI is InChI=1S/2C16H13.C2H4Cl2Si.Zr/c2*1-12-10-14-8-5-9-15(16(14)11-12)13-6-3-2-4-7-13;1-5-2(3)4;/h2*2-11H,1H3;2H,1H3;/q2*-1;;+2. The summed E-state index contributed by atoms with van der Waals surface area (Å²) in [6, 6.07) is 43.1. The first-order valence-electron chi connectivity index (χ1n) is 12.6. The van der Waals surface area contributed by atoms with Gasteiger partial charge in [-0.1, -0.05) is 97.8 Å². The summed E-state index contributed by atoms with van der Waals surface area (Å²) in [5, 5.41) is 5.37. The maximum Gasteiger partial charge on any atom is -0.0279 e. The Morgan fingerprint density at radius 2 is 0.974 bits per heavy atom. The van der Waals surface area contributed by atoms with Crippen molar-refractivity contribution in [3.05, 3.63) is 132 Å². The summed E-state index contributed by atoms with van der Waals surface area (Å²) in [6.07, 6.45) is 0. The van der Waals surface area contributed by atoms with Crippen LogP contribution < -0.4 is 0 Å². The number of fused-ring (bicyclic) bond motifs is 2. The zero-order chi connectivity index (χ0) is 27.1. The minimum atomic E-state index is -0.331. The van der Waals surface area contributed by atoms with Crippen LogP contribution in [0.3, 0.4) is 0 Å². The minimum Gasteiger partial charge on any atom is -0.165 e. The molecule has 0 fully saturated rings. The van der Waals surface area contributed by atoms with E-state index in [1.54, 1.807) is 0 Å². The molecular weight excluding hydrogens is 599 g/mol. The van der Waals surface area contributed by atoms with Gasteiger partial charge >= 0.3 is 63.0 Å². The summed E-state index contributed by atoms with van der Waals surface area (Å²) in [6.45, 7) is 6.41. The molecule has 38 heavy (non-hydrogen) atoms. The van der Waals surface area contributed by atoms with Crippen LogP contribution in [0.1, 0.15) is 11.1 Å². The van der Waals surface area contributed by atoms with Crippen LogP contribution in [0.5, 0.6) is 0 Å². The van der Waals surface area contributed by atoms with Crippen LogP contribution in [0, 0.1) is 13.8 Å². The van der Waals surface area contributed by atoms with Gasteiger partial charge < -0.3 is 0 Å². The average molecular weight is 629 g/mol. The van der Waals surface area contributed by atoms with Crippen molar-refractivity contribution >= 4 is 50.2 Å². The van der Waals surface area contributed by atoms with Crippen LogP contribution >= 0.6 is 23.2 Å². The fourth-order valence-corrected chi connectivity index (χ4v) is 4.51. The summed E-state index contributed by atoms with van der Waals surface area (Å²) < 4.78 is -0.0619. The Morgan fingerprint density at radius 1 is 0.605 bits per heavy atom. The van der Waals surface area contributed by atoms with E-state index >= 15 is 0 Å². The Bertz CT molecular complexity index is 1510. The third-order valence-electron chi connectivity index (χ3n) is 6.29. The van der Waals surface area contributed by atoms with E-state index in [2.05, 4.69) is 142 Å². The zero-order valence-corrected chi connectivity index (χ0v) is 26.9. The molecule has 0 heterocycles. The van der Waals surface area contributed by atoms with E-state index in [1.807, 2.05) is 0 Å². The van der Waals surface area contributed by atoms with Crippen molar-refractivity contribution in [1.82, 2.24) is 0 Å². The summed E-state index contributed by atoms with van der Waals surface area (Å²) in [5.41, 5.74) is 7.56. The van der Waals surface area contributed by atoms with Crippen LogP contribution in [0.25, 0.3) is 43.8 Å². The fraction of sp³-hybridized carbons (Fsp3) is 0.118. The van der Waals surface area contributed by atoms with Gasteiger partial charge in [0.05, 0.1) is 0 Å². The van der Waals surface area contributed by atoms with E-state index in [-0.39, 0.29) is 9.89 Å². The van der Waals surface area contributed by atoms with E-state index in [0.717, 1.165) is 0 Å². The molecule has 0 aliphatic heterocycles. The zero-order valence-electron chi connectivity index (χ0n) is 21.9. The Balaban J connectivity index is 0.000000147. The molecule has 4 heteroatoms. The summed E-state index contributed by atoms with van der Waals surface area (Å²) in [7, 11) is 0. The van der Waals surface area contributed by atoms with E-state index in [9.17, 15) is 0 Å². The summed E-state index contributed by atoms with van der Waals surface area (Å²) in [5.74, 6) is 0. The van der Waals surface area contributed by atoms with Gasteiger partial charge in [-0.25, -0.2) is 0 Å². The van der Waals surface area contributed by atoms with Gasteiger partial charge in [-0.15, -0.1) is 69.1 Å². The Kier molecular flexibility index (Phi) is 10.4. The van der Waals surface area contributed by atoms with Crippen LogP contribution in [0.15, 0.2) is 121 Å². The number of hydrogen-bond donors (Lipinski definition) is 0. The van der Waals surface area contributed by atoms with Crippen molar-refractivity contribution in [3.8, 4) is 22.3 Å². The molecule has 0 radical (unpaired) electrons. The Hall–Kier alpha value is -2.22. The smallest absolute Gasteiger partial charge is 0.0279 e. The normalized spacial score (nSPS) is 10.6. The van der Waals surface area contributed by atoms with Crippen molar-refractivity contribution in [2.24, 2.45) is 0 Å². The molecule has 0 saturated carbocycles. The molecule has 0 aliphatic rings. The molecule has 188 valence electrons. The van der Waals surface area contributed by atoms with Gasteiger partial charge in [-0.3, -0.25) is 0 Å². The monoisotopic (exact) mass is 626 g/mol. The van der Waals surface area contributed by atoms with E-state index in [0.29, 0.717) is 0 Å². The van der Waals surface area contributed by atoms with Gasteiger partial charge in [0.1, 0.15) is 0 Å². The predicted molar refractivity (Wildman–Crippen MR) is 167 cm³/mol. The summed E-state index contributed by atoms with van der Waals surface area (Å²) in [4.78, 5) is 0. The maximum absolute atomic E-state index is 5.45. The SMILES string of the molecule is C[Si](=[Zr+2])C(Cl)Cl.Cc1cc2c(-c3ccccc3)cccc2[cH-]1.Cc1cc2c(-c3ccccc3)cccc2[cH-]1. The van der Waals surface area contributed by atoms with Gasteiger partial charge in [0.25, 0.3) is 0 Å². The number of hydrogen-bond acceptors (Lipinski definition) is 0. The largest absolute Gasteiger partial charge is 0.165 e. The van der Waals surface area contributed by atoms with Gasteiger partial charge in [-0.05, 0) is 11.1 Å². The first-order chi connectivity index (χ1) is 18.3. The van der Waals surface area contributed by atoms with E-state index in [1.165, 1.54) is 78.3 Å². The van der Waals surface area contributed by atoms with Crippen molar-refractivity contribution in [2.45, 2.75) is 24.9 Å². The fourth-order valence-electron chi connectivity index (χ4n) is 4.51. The van der Waals surface area contributed by atoms with Gasteiger partial charge in [0.2, 0.25) is 0 Å². The molecule has 0 bridgehead atoms. The second-order valence-corrected chi connectivity index (χ2v) is 19.0. The summed E-state index contributed by atoms with van der Waals surface area (Å²) >= 11 is 12.4. The molecule has 6 aromatic carbocycles. The van der Waals surface area contributed by atoms with Crippen LogP contribution in [0.2, 0.25) is 6.55 Å². The molecule has 6 rings (SSSR count). The number of aryl methyl sites for hydroxylation is 2.